The molecule has 146 valence electrons. The van der Waals surface area contributed by atoms with Crippen LogP contribution in [-0.4, -0.2) is 63.0 Å². The second-order valence-electron chi connectivity index (χ2n) is 6.65. The molecule has 0 saturated carbocycles. The Kier molecular flexibility index (Phi) is 6.65. The highest BCUT2D eigenvalue weighted by atomic mass is 35.5. The molecule has 1 N–H and O–H groups in total. The summed E-state index contributed by atoms with van der Waals surface area (Å²) in [5, 5.41) is 3.10. The number of ether oxygens (including phenoxy) is 1. The number of sulfone groups is 1. The number of nitrogens with one attached hydrogen (secondary N) is 1. The fourth-order valence-electron chi connectivity index (χ4n) is 3.62. The predicted molar refractivity (Wildman–Crippen MR) is 98.6 cm³/mol. The summed E-state index contributed by atoms with van der Waals surface area (Å²) in [6, 6.07) is 6.29. The summed E-state index contributed by atoms with van der Waals surface area (Å²) in [5.41, 5.74) is 0.388. The third-order valence-electron chi connectivity index (χ3n) is 5.12. The minimum absolute atomic E-state index is 0. The maximum atomic E-state index is 14.0. The highest BCUT2D eigenvalue weighted by Crippen LogP contribution is 2.32. The quantitative estimate of drug-likeness (QED) is 0.819. The van der Waals surface area contributed by atoms with Crippen molar-refractivity contribution < 1.29 is 22.3 Å². The second kappa shape index (κ2) is 8.21. The molecule has 0 aliphatic carbocycles. The van der Waals surface area contributed by atoms with Crippen molar-refractivity contribution in [3.05, 3.63) is 35.6 Å². The number of halogens is 2. The highest BCUT2D eigenvalue weighted by Gasteiger charge is 2.51. The van der Waals surface area contributed by atoms with Crippen molar-refractivity contribution in [1.29, 1.82) is 0 Å². The van der Waals surface area contributed by atoms with Gasteiger partial charge in [0, 0.05) is 18.4 Å². The van der Waals surface area contributed by atoms with Crippen LogP contribution in [0.1, 0.15) is 24.5 Å². The molecule has 1 aromatic carbocycles. The smallest absolute Gasteiger partial charge is 0.244 e. The third kappa shape index (κ3) is 3.88. The minimum Gasteiger partial charge on any atom is -0.370 e. The van der Waals surface area contributed by atoms with Crippen LogP contribution < -0.4 is 5.32 Å². The Morgan fingerprint density at radius 2 is 1.96 bits per heavy atom. The highest BCUT2D eigenvalue weighted by molar-refractivity contribution is 7.92. The molecule has 0 spiro atoms. The summed E-state index contributed by atoms with van der Waals surface area (Å²) in [6.07, 6.45) is 1.06. The summed E-state index contributed by atoms with van der Waals surface area (Å²) < 4.78 is 43.1. The van der Waals surface area contributed by atoms with Gasteiger partial charge in [0.05, 0.1) is 13.2 Å². The first-order valence-corrected chi connectivity index (χ1v) is 10.3. The van der Waals surface area contributed by atoms with E-state index < -0.39 is 20.7 Å². The van der Waals surface area contributed by atoms with E-state index in [0.29, 0.717) is 25.2 Å². The fraction of sp³-hybridized carbons (Fsp3) is 0.588. The molecule has 26 heavy (non-hydrogen) atoms. The second-order valence-corrected chi connectivity index (χ2v) is 8.97. The molecule has 6 nitrogen and oxygen atoms in total. The lowest BCUT2D eigenvalue weighted by Crippen LogP contribution is -2.60. The molecule has 9 heteroatoms. The maximum Gasteiger partial charge on any atom is 0.244 e. The Balaban J connectivity index is 0.00000243. The van der Waals surface area contributed by atoms with E-state index >= 15 is 0 Å². The Labute approximate surface area is 159 Å². The number of hydrogen-bond donors (Lipinski definition) is 1. The number of benzene rings is 1. The first-order chi connectivity index (χ1) is 11.8. The normalized spacial score (nSPS) is 23.2. The first-order valence-electron chi connectivity index (χ1n) is 8.41. The molecule has 2 saturated heterocycles. The Morgan fingerprint density at radius 3 is 2.58 bits per heavy atom. The van der Waals surface area contributed by atoms with E-state index in [-0.39, 0.29) is 50.1 Å². The number of hydrogen-bond acceptors (Lipinski definition) is 5. The van der Waals surface area contributed by atoms with Crippen LogP contribution in [-0.2, 0) is 19.4 Å². The van der Waals surface area contributed by atoms with Gasteiger partial charge in [-0.05, 0) is 32.0 Å². The van der Waals surface area contributed by atoms with Crippen molar-refractivity contribution >= 4 is 28.2 Å². The fourth-order valence-corrected chi connectivity index (χ4v) is 5.01. The molecule has 3 rings (SSSR count). The molecule has 2 aliphatic rings. The molecule has 2 aliphatic heterocycles. The van der Waals surface area contributed by atoms with E-state index in [1.54, 1.807) is 18.2 Å². The average Bonchev–Trinajstić information content (AvgIpc) is 2.61. The van der Waals surface area contributed by atoms with Crippen LogP contribution in [0.3, 0.4) is 0 Å². The van der Waals surface area contributed by atoms with Crippen molar-refractivity contribution in [2.24, 2.45) is 0 Å². The molecule has 2 fully saturated rings. The third-order valence-corrected chi connectivity index (χ3v) is 7.12. The van der Waals surface area contributed by atoms with Crippen LogP contribution in [0.4, 0.5) is 4.39 Å². The lowest BCUT2D eigenvalue weighted by atomic mass is 9.94. The number of carbonyl (C=O) groups excluding carboxylic acids is 1. The van der Waals surface area contributed by atoms with Crippen LogP contribution in [0.25, 0.3) is 0 Å². The monoisotopic (exact) mass is 406 g/mol. The van der Waals surface area contributed by atoms with Gasteiger partial charge in [0.2, 0.25) is 5.91 Å². The molecular formula is C17H24ClFN2O4S. The molecule has 0 bridgehead atoms. The predicted octanol–water partition coefficient (Wildman–Crippen LogP) is 1.31. The van der Waals surface area contributed by atoms with Gasteiger partial charge in [-0.3, -0.25) is 4.79 Å². The van der Waals surface area contributed by atoms with Crippen molar-refractivity contribution in [2.75, 3.05) is 39.0 Å². The Morgan fingerprint density at radius 1 is 1.31 bits per heavy atom. The summed E-state index contributed by atoms with van der Waals surface area (Å²) in [6.45, 7) is 1.70. The van der Waals surface area contributed by atoms with Gasteiger partial charge in [0.25, 0.3) is 0 Å². The molecular weight excluding hydrogens is 383 g/mol. The van der Waals surface area contributed by atoms with Gasteiger partial charge >= 0.3 is 0 Å². The number of rotatable bonds is 3. The molecule has 1 atom stereocenters. The molecule has 1 aromatic rings. The van der Waals surface area contributed by atoms with E-state index in [1.165, 1.54) is 11.0 Å². The standard InChI is InChI=1S/C17H23FN2O4S.ClH/c1-25(22,23)17(6-8-19-9-7-17)16(21)20-10-11-24-15(12-20)13-4-2-3-5-14(13)18;/h2-5,15,19H,6-12H2,1H3;1H. The van der Waals surface area contributed by atoms with Gasteiger partial charge < -0.3 is 15.0 Å². The number of carbonyl (C=O) groups is 1. The van der Waals surface area contributed by atoms with Gasteiger partial charge in [0.15, 0.2) is 14.6 Å². The Bertz CT molecular complexity index is 753. The van der Waals surface area contributed by atoms with Crippen molar-refractivity contribution in [3.63, 3.8) is 0 Å². The molecule has 0 aromatic heterocycles. The van der Waals surface area contributed by atoms with Gasteiger partial charge in [-0.1, -0.05) is 18.2 Å². The van der Waals surface area contributed by atoms with Crippen molar-refractivity contribution in [2.45, 2.75) is 23.7 Å². The minimum atomic E-state index is -3.57. The van der Waals surface area contributed by atoms with Gasteiger partial charge in [-0.15, -0.1) is 12.4 Å². The molecule has 1 unspecified atom stereocenters. The van der Waals surface area contributed by atoms with E-state index in [2.05, 4.69) is 5.32 Å². The van der Waals surface area contributed by atoms with E-state index in [0.717, 1.165) is 6.26 Å². The largest absolute Gasteiger partial charge is 0.370 e. The van der Waals surface area contributed by atoms with Crippen LogP contribution in [0.5, 0.6) is 0 Å². The topological polar surface area (TPSA) is 75.7 Å². The summed E-state index contributed by atoms with van der Waals surface area (Å²) >= 11 is 0. The van der Waals surface area contributed by atoms with Crippen LogP contribution in [0, 0.1) is 5.82 Å². The number of amides is 1. The van der Waals surface area contributed by atoms with Gasteiger partial charge in [-0.25, -0.2) is 12.8 Å². The lowest BCUT2D eigenvalue weighted by Gasteiger charge is -2.41. The summed E-state index contributed by atoms with van der Waals surface area (Å²) in [5.74, 6) is -0.775. The van der Waals surface area contributed by atoms with Crippen LogP contribution in [0.2, 0.25) is 0 Å². The number of morpholine rings is 1. The van der Waals surface area contributed by atoms with Gasteiger partial charge in [0.1, 0.15) is 11.9 Å². The van der Waals surface area contributed by atoms with Crippen molar-refractivity contribution in [3.8, 4) is 0 Å². The SMILES string of the molecule is CS(=O)(=O)C1(C(=O)N2CCOC(c3ccccc3F)C2)CCNCC1.Cl. The average molecular weight is 407 g/mol. The Hall–Kier alpha value is -1.22. The van der Waals surface area contributed by atoms with Gasteiger partial charge in [-0.2, -0.15) is 0 Å². The van der Waals surface area contributed by atoms with Crippen LogP contribution in [0.15, 0.2) is 24.3 Å². The number of nitrogens with zero attached hydrogens (tertiary/aromatic N) is 1. The van der Waals surface area contributed by atoms with E-state index in [4.69, 9.17) is 4.74 Å². The molecule has 1 amide bonds. The summed E-state index contributed by atoms with van der Waals surface area (Å²) in [4.78, 5) is 14.7. The van der Waals surface area contributed by atoms with E-state index in [9.17, 15) is 17.6 Å². The zero-order valence-corrected chi connectivity index (χ0v) is 16.2. The number of piperidine rings is 1. The van der Waals surface area contributed by atoms with Crippen LogP contribution >= 0.6 is 12.4 Å². The lowest BCUT2D eigenvalue weighted by molar-refractivity contribution is -0.142. The van der Waals surface area contributed by atoms with E-state index in [1.807, 2.05) is 0 Å². The summed E-state index contributed by atoms with van der Waals surface area (Å²) in [7, 11) is -3.57. The molecule has 0 radical (unpaired) electrons. The maximum absolute atomic E-state index is 14.0. The zero-order valence-electron chi connectivity index (χ0n) is 14.6. The molecule has 2 heterocycles. The van der Waals surface area contributed by atoms with Crippen molar-refractivity contribution in [1.82, 2.24) is 10.2 Å². The first kappa shape index (κ1) is 21.1. The zero-order chi connectivity index (χ0) is 18.1.